The van der Waals surface area contributed by atoms with Crippen molar-refractivity contribution in [1.82, 2.24) is 9.78 Å². The van der Waals surface area contributed by atoms with Crippen LogP contribution in [0, 0.1) is 10.6 Å². The van der Waals surface area contributed by atoms with E-state index in [9.17, 15) is 0 Å². The summed E-state index contributed by atoms with van der Waals surface area (Å²) >= 11 is 2.24. The maximum Gasteiger partial charge on any atom is 0.126 e. The lowest BCUT2D eigenvalue weighted by molar-refractivity contribution is 0.0123. The molecular weight excluding hydrogens is 371 g/mol. The Hall–Kier alpha value is -0.180. The van der Waals surface area contributed by atoms with Crippen molar-refractivity contribution >= 4 is 22.6 Å². The van der Waals surface area contributed by atoms with Crippen molar-refractivity contribution < 1.29 is 14.2 Å². The number of aryl methyl sites for hydroxylation is 1. The van der Waals surface area contributed by atoms with Crippen molar-refractivity contribution in [2.75, 3.05) is 39.6 Å². The number of rotatable bonds is 12. The zero-order valence-electron chi connectivity index (χ0n) is 12.4. The Labute approximate surface area is 135 Å². The molecule has 1 rings (SSSR count). The molecule has 0 atom stereocenters. The van der Waals surface area contributed by atoms with Gasteiger partial charge >= 0.3 is 0 Å². The highest BCUT2D eigenvalue weighted by molar-refractivity contribution is 14.1. The number of nitrogens with zero attached hydrogens (tertiary/aromatic N) is 2. The van der Waals surface area contributed by atoms with Gasteiger partial charge in [-0.2, -0.15) is 5.10 Å². The molecule has 1 heterocycles. The maximum atomic E-state index is 5.50. The van der Waals surface area contributed by atoms with Crippen molar-refractivity contribution in [1.29, 1.82) is 0 Å². The average molecular weight is 396 g/mol. The molecule has 1 aromatic rings. The Morgan fingerprint density at radius 1 is 1.05 bits per heavy atom. The molecule has 0 bridgehead atoms. The van der Waals surface area contributed by atoms with Crippen molar-refractivity contribution in [3.63, 3.8) is 0 Å². The highest BCUT2D eigenvalue weighted by atomic mass is 127. The quantitative estimate of drug-likeness (QED) is 0.403. The molecule has 0 spiro atoms. The van der Waals surface area contributed by atoms with E-state index in [0.29, 0.717) is 33.0 Å². The van der Waals surface area contributed by atoms with Gasteiger partial charge in [0.15, 0.2) is 0 Å². The van der Waals surface area contributed by atoms with Crippen molar-refractivity contribution in [3.05, 3.63) is 15.5 Å². The van der Waals surface area contributed by atoms with Gasteiger partial charge in [0.2, 0.25) is 0 Å². The molecule has 0 fully saturated rings. The second-order valence-electron chi connectivity index (χ2n) is 4.56. The molecule has 6 heteroatoms. The molecule has 0 aliphatic carbocycles. The minimum absolute atomic E-state index is 0.617. The van der Waals surface area contributed by atoms with E-state index < -0.39 is 0 Å². The summed E-state index contributed by atoms with van der Waals surface area (Å²) in [6, 6.07) is 0. The third-order valence-corrected chi connectivity index (χ3v) is 3.80. The van der Waals surface area contributed by atoms with E-state index in [1.165, 1.54) is 12.0 Å². The lowest BCUT2D eigenvalue weighted by atomic mass is 10.4. The van der Waals surface area contributed by atoms with E-state index in [-0.39, 0.29) is 0 Å². The first-order chi connectivity index (χ1) is 9.74. The molecule has 0 aliphatic rings. The van der Waals surface area contributed by atoms with Gasteiger partial charge in [-0.15, -0.1) is 0 Å². The molecule has 0 aromatic carbocycles. The predicted octanol–water partition coefficient (Wildman–Crippen LogP) is 2.65. The van der Waals surface area contributed by atoms with Gasteiger partial charge in [0.1, 0.15) is 3.70 Å². The fourth-order valence-electron chi connectivity index (χ4n) is 1.56. The van der Waals surface area contributed by atoms with Crippen LogP contribution < -0.4 is 0 Å². The molecular formula is C14H25IN2O3. The van der Waals surface area contributed by atoms with Gasteiger partial charge in [-0.1, -0.05) is 13.3 Å². The van der Waals surface area contributed by atoms with Crippen LogP contribution in [-0.2, 0) is 20.8 Å². The van der Waals surface area contributed by atoms with E-state index in [0.717, 1.165) is 23.3 Å². The highest BCUT2D eigenvalue weighted by Gasteiger charge is 2.00. The molecule has 0 amide bonds. The van der Waals surface area contributed by atoms with E-state index >= 15 is 0 Å². The normalized spacial score (nSPS) is 11.2. The van der Waals surface area contributed by atoms with E-state index in [1.807, 2.05) is 10.9 Å². The lowest BCUT2D eigenvalue weighted by Gasteiger charge is -2.06. The third kappa shape index (κ3) is 8.18. The SMILES string of the molecule is CCCCOCCOCCOCCn1cc(C)c(I)n1. The Morgan fingerprint density at radius 3 is 2.20 bits per heavy atom. The fourth-order valence-corrected chi connectivity index (χ4v) is 1.97. The van der Waals surface area contributed by atoms with Crippen molar-refractivity contribution in [2.24, 2.45) is 0 Å². The van der Waals surface area contributed by atoms with Gasteiger partial charge in [0.25, 0.3) is 0 Å². The lowest BCUT2D eigenvalue weighted by Crippen LogP contribution is -2.12. The molecule has 1 aromatic heterocycles. The minimum atomic E-state index is 0.617. The monoisotopic (exact) mass is 396 g/mol. The maximum absolute atomic E-state index is 5.50. The van der Waals surface area contributed by atoms with Crippen LogP contribution in [0.5, 0.6) is 0 Å². The van der Waals surface area contributed by atoms with Gasteiger partial charge in [-0.25, -0.2) is 0 Å². The summed E-state index contributed by atoms with van der Waals surface area (Å²) in [7, 11) is 0. The average Bonchev–Trinajstić information content (AvgIpc) is 2.75. The summed E-state index contributed by atoms with van der Waals surface area (Å²) in [5, 5.41) is 4.37. The van der Waals surface area contributed by atoms with Gasteiger partial charge in [0, 0.05) is 18.4 Å². The summed E-state index contributed by atoms with van der Waals surface area (Å²) < 4.78 is 19.3. The Bertz CT molecular complexity index is 339. The Balaban J connectivity index is 1.85. The molecule has 0 saturated heterocycles. The molecule has 0 unspecified atom stereocenters. The van der Waals surface area contributed by atoms with E-state index in [4.69, 9.17) is 14.2 Å². The fraction of sp³-hybridized carbons (Fsp3) is 0.786. The summed E-state index contributed by atoms with van der Waals surface area (Å²) in [5.74, 6) is 0. The number of aromatic nitrogens is 2. The first kappa shape index (κ1) is 17.9. The number of halogens is 1. The molecule has 0 radical (unpaired) electrons. The summed E-state index contributed by atoms with van der Waals surface area (Å²) in [6.07, 6.45) is 4.33. The third-order valence-electron chi connectivity index (χ3n) is 2.74. The number of ether oxygens (including phenoxy) is 3. The van der Waals surface area contributed by atoms with Crippen LogP contribution in [0.4, 0.5) is 0 Å². The van der Waals surface area contributed by atoms with Crippen LogP contribution >= 0.6 is 22.6 Å². The summed E-state index contributed by atoms with van der Waals surface area (Å²) in [6.45, 7) is 9.04. The van der Waals surface area contributed by atoms with Gasteiger partial charge in [0.05, 0.1) is 39.6 Å². The smallest absolute Gasteiger partial charge is 0.126 e. The van der Waals surface area contributed by atoms with Gasteiger partial charge in [-0.05, 0) is 35.9 Å². The van der Waals surface area contributed by atoms with E-state index in [2.05, 4.69) is 41.5 Å². The van der Waals surface area contributed by atoms with Crippen LogP contribution in [0.25, 0.3) is 0 Å². The molecule has 20 heavy (non-hydrogen) atoms. The van der Waals surface area contributed by atoms with Crippen LogP contribution in [-0.4, -0.2) is 49.4 Å². The van der Waals surface area contributed by atoms with E-state index in [1.54, 1.807) is 0 Å². The standard InChI is InChI=1S/C14H25IN2O3/c1-3-4-6-18-8-10-20-11-9-19-7-5-17-12-13(2)14(15)16-17/h12H,3-11H2,1-2H3. The predicted molar refractivity (Wildman–Crippen MR) is 87.0 cm³/mol. The topological polar surface area (TPSA) is 45.5 Å². The zero-order chi connectivity index (χ0) is 14.6. The number of hydrogen-bond donors (Lipinski definition) is 0. The molecule has 116 valence electrons. The molecule has 5 nitrogen and oxygen atoms in total. The number of hydrogen-bond acceptors (Lipinski definition) is 4. The highest BCUT2D eigenvalue weighted by Crippen LogP contribution is 2.07. The largest absolute Gasteiger partial charge is 0.379 e. The van der Waals surface area contributed by atoms with Gasteiger partial charge in [-0.3, -0.25) is 4.68 Å². The van der Waals surface area contributed by atoms with Crippen LogP contribution in [0.3, 0.4) is 0 Å². The zero-order valence-corrected chi connectivity index (χ0v) is 14.6. The van der Waals surface area contributed by atoms with Gasteiger partial charge < -0.3 is 14.2 Å². The summed E-state index contributed by atoms with van der Waals surface area (Å²) in [4.78, 5) is 0. The second kappa shape index (κ2) is 11.5. The van der Waals surface area contributed by atoms with Crippen LogP contribution in [0.2, 0.25) is 0 Å². The van der Waals surface area contributed by atoms with Crippen LogP contribution in [0.1, 0.15) is 25.3 Å². The van der Waals surface area contributed by atoms with Crippen molar-refractivity contribution in [3.8, 4) is 0 Å². The first-order valence-electron chi connectivity index (χ1n) is 7.16. The second-order valence-corrected chi connectivity index (χ2v) is 5.58. The number of unbranched alkanes of at least 4 members (excludes halogenated alkanes) is 1. The van der Waals surface area contributed by atoms with Crippen LogP contribution in [0.15, 0.2) is 6.20 Å². The molecule has 0 N–H and O–H groups in total. The Morgan fingerprint density at radius 2 is 1.65 bits per heavy atom. The first-order valence-corrected chi connectivity index (χ1v) is 8.24. The Kier molecular flexibility index (Phi) is 10.3. The van der Waals surface area contributed by atoms with Crippen molar-refractivity contribution in [2.45, 2.75) is 33.2 Å². The molecule has 0 aliphatic heterocycles. The summed E-state index contributed by atoms with van der Waals surface area (Å²) in [5.41, 5.74) is 1.21. The molecule has 0 saturated carbocycles. The minimum Gasteiger partial charge on any atom is -0.379 e.